The van der Waals surface area contributed by atoms with Crippen molar-refractivity contribution < 1.29 is 76.5 Å². The van der Waals surface area contributed by atoms with Crippen molar-refractivity contribution in [2.24, 2.45) is 9.98 Å². The third-order valence-electron chi connectivity index (χ3n) is 9.33. The summed E-state index contributed by atoms with van der Waals surface area (Å²) in [7, 11) is -19.5. The number of hydrogen-bond donors (Lipinski definition) is 8. The van der Waals surface area contributed by atoms with Crippen LogP contribution in [0.1, 0.15) is 54.1 Å². The van der Waals surface area contributed by atoms with Crippen LogP contribution in [0.4, 0.5) is 16.2 Å². The van der Waals surface area contributed by atoms with E-state index in [2.05, 4.69) is 20.6 Å². The maximum atomic E-state index is 13.3. The zero-order valence-electron chi connectivity index (χ0n) is 31.5. The summed E-state index contributed by atoms with van der Waals surface area (Å²) in [5.74, 6) is -3.47. The summed E-state index contributed by atoms with van der Waals surface area (Å²) in [6.45, 7) is 3.04. The number of carbonyl (C=O) groups excluding carboxylic acids is 3. The largest absolute Gasteiger partial charge is 0.507 e. The lowest BCUT2D eigenvalue weighted by Gasteiger charge is -2.19. The average Bonchev–Trinajstić information content (AvgIpc) is 3.14. The monoisotopic (exact) mass is 930 g/mol. The third kappa shape index (κ3) is 9.69. The first-order valence-electron chi connectivity index (χ1n) is 17.2. The molecule has 0 bridgehead atoms. The summed E-state index contributed by atoms with van der Waals surface area (Å²) in [6, 6.07) is 10.1. The lowest BCUT2D eigenvalue weighted by Crippen LogP contribution is -2.21. The standard InChI is InChI=1S/C37H30N4O17S4/c1-17-7-19(35(44)38-29-13-23(59(47,48)49)9-21-11-25(61(53,54)55)15-31(42)33(21)29)3-5-27(17)40-37(46)41-28-6-4-20(8-18(28)2)36(45)39-30-14-24(60(50,51)52)10-22-12-26(62(56,57)58)16-32(43)34(22)30/h3-8,11-16,42-43H,9-10H2,1-2H3,(H2,40,41,46)(H,47,48,49)(H,50,51,52)(H,53,54,55)(H,56,57,58). The van der Waals surface area contributed by atoms with Crippen LogP contribution in [-0.4, -0.2) is 91.4 Å². The van der Waals surface area contributed by atoms with E-state index in [-0.39, 0.29) is 44.8 Å². The number of aliphatic imine (C=N–C) groups is 2. The number of fused-ring (bicyclic) bond motifs is 2. The number of aryl methyl sites for hydroxylation is 2. The first kappa shape index (κ1) is 45.1. The third-order valence-corrected chi connectivity index (χ3v) is 12.8. The van der Waals surface area contributed by atoms with Gasteiger partial charge in [-0.25, -0.2) is 14.8 Å². The molecule has 8 N–H and O–H groups in total. The number of amides is 4. The number of carbonyl (C=O) groups is 3. The second kappa shape index (κ2) is 16.1. The number of benzene rings is 4. The first-order chi connectivity index (χ1) is 28.6. The summed E-state index contributed by atoms with van der Waals surface area (Å²) in [5.41, 5.74) is -0.817. The molecule has 0 saturated heterocycles. The molecular formula is C37H30N4O17S4. The van der Waals surface area contributed by atoms with E-state index in [0.717, 1.165) is 24.3 Å². The number of anilines is 2. The number of rotatable bonds is 8. The van der Waals surface area contributed by atoms with Crippen molar-refractivity contribution in [1.82, 2.24) is 0 Å². The molecule has 6 rings (SSSR count). The Morgan fingerprint density at radius 2 is 0.887 bits per heavy atom. The molecule has 0 radical (unpaired) electrons. The molecule has 21 nitrogen and oxygen atoms in total. The van der Waals surface area contributed by atoms with Crippen LogP contribution in [0.3, 0.4) is 0 Å². The van der Waals surface area contributed by atoms with Gasteiger partial charge in [-0.15, -0.1) is 0 Å². The van der Waals surface area contributed by atoms with Gasteiger partial charge in [-0.2, -0.15) is 33.7 Å². The van der Waals surface area contributed by atoms with Gasteiger partial charge in [-0.1, -0.05) is 0 Å². The Bertz CT molecular complexity index is 3060. The Labute approximate surface area is 351 Å². The number of nitrogens with zero attached hydrogens (tertiary/aromatic N) is 2. The van der Waals surface area contributed by atoms with Gasteiger partial charge in [-0.3, -0.25) is 27.8 Å². The molecule has 62 heavy (non-hydrogen) atoms. The van der Waals surface area contributed by atoms with Gasteiger partial charge in [0.1, 0.15) is 11.5 Å². The topological polar surface area (TPSA) is 358 Å². The minimum atomic E-state index is -4.89. The maximum Gasteiger partial charge on any atom is 0.323 e. The van der Waals surface area contributed by atoms with Crippen molar-refractivity contribution >= 4 is 81.1 Å². The molecule has 0 aliphatic heterocycles. The van der Waals surface area contributed by atoms with Crippen LogP contribution in [0.2, 0.25) is 0 Å². The smallest absolute Gasteiger partial charge is 0.323 e. The number of phenolic OH excluding ortho intramolecular Hbond substituents is 2. The van der Waals surface area contributed by atoms with Crippen molar-refractivity contribution in [2.45, 2.75) is 36.5 Å². The fourth-order valence-corrected chi connectivity index (χ4v) is 8.71. The van der Waals surface area contributed by atoms with Crippen LogP contribution in [0, 0.1) is 13.8 Å². The van der Waals surface area contributed by atoms with E-state index in [1.165, 1.54) is 50.2 Å². The lowest BCUT2D eigenvalue weighted by molar-refractivity contribution is 0.0994. The summed E-state index contributed by atoms with van der Waals surface area (Å²) in [6.07, 6.45) is 0.430. The Hall–Kier alpha value is -6.45. The molecule has 0 heterocycles. The van der Waals surface area contributed by atoms with E-state index >= 15 is 0 Å². The molecule has 2 aliphatic rings. The van der Waals surface area contributed by atoms with Crippen molar-refractivity contribution in [1.29, 1.82) is 0 Å². The minimum Gasteiger partial charge on any atom is -0.507 e. The molecule has 0 unspecified atom stereocenters. The van der Waals surface area contributed by atoms with Crippen LogP contribution in [-0.2, 0) is 53.3 Å². The van der Waals surface area contributed by atoms with Gasteiger partial charge < -0.3 is 20.8 Å². The Balaban J connectivity index is 1.20. The second-order valence-electron chi connectivity index (χ2n) is 13.7. The SMILES string of the molecule is Cc1cc(C(=O)N=C2C=C(S(=O)(=O)O)Cc3cc(S(=O)(=O)O)cc(O)c32)ccc1NC(=O)Nc1ccc(C(=O)N=C2C=C(S(=O)(=O)O)Cc3cc(S(=O)(=O)O)cc(O)c32)cc1C. The lowest BCUT2D eigenvalue weighted by atomic mass is 9.94. The van der Waals surface area contributed by atoms with Gasteiger partial charge in [0, 0.05) is 58.6 Å². The molecule has 0 fully saturated rings. The fourth-order valence-electron chi connectivity index (χ4n) is 6.41. The van der Waals surface area contributed by atoms with Crippen LogP contribution < -0.4 is 10.6 Å². The number of aromatic hydroxyl groups is 2. The van der Waals surface area contributed by atoms with E-state index in [0.29, 0.717) is 23.3 Å². The van der Waals surface area contributed by atoms with Gasteiger partial charge in [0.25, 0.3) is 52.3 Å². The Morgan fingerprint density at radius 1 is 0.532 bits per heavy atom. The number of nitrogens with one attached hydrogen (secondary N) is 2. The van der Waals surface area contributed by atoms with Gasteiger partial charge in [0.05, 0.1) is 31.0 Å². The quantitative estimate of drug-likeness (QED) is 0.117. The molecule has 25 heteroatoms. The number of phenols is 2. The van der Waals surface area contributed by atoms with E-state index in [1.807, 2.05) is 0 Å². The van der Waals surface area contributed by atoms with Crippen molar-refractivity contribution in [3.05, 3.63) is 127 Å². The molecule has 324 valence electrons. The number of hydrogen-bond acceptors (Lipinski definition) is 13. The first-order valence-corrected chi connectivity index (χ1v) is 22.9. The molecule has 0 atom stereocenters. The van der Waals surface area contributed by atoms with Gasteiger partial charge in [0.2, 0.25) is 0 Å². The van der Waals surface area contributed by atoms with Gasteiger partial charge in [0.15, 0.2) is 0 Å². The number of allylic oxidation sites excluding steroid dienone is 4. The predicted molar refractivity (Wildman–Crippen MR) is 219 cm³/mol. The van der Waals surface area contributed by atoms with E-state index in [4.69, 9.17) is 0 Å². The van der Waals surface area contributed by atoms with Crippen LogP contribution >= 0.6 is 0 Å². The highest BCUT2D eigenvalue weighted by molar-refractivity contribution is 7.90. The van der Waals surface area contributed by atoms with Crippen molar-refractivity contribution in [3.8, 4) is 11.5 Å². The van der Waals surface area contributed by atoms with Crippen molar-refractivity contribution in [3.63, 3.8) is 0 Å². The number of urea groups is 1. The van der Waals surface area contributed by atoms with Crippen LogP contribution in [0.5, 0.6) is 11.5 Å². The van der Waals surface area contributed by atoms with E-state index in [1.54, 1.807) is 0 Å². The summed E-state index contributed by atoms with van der Waals surface area (Å²) >= 11 is 0. The predicted octanol–water partition coefficient (Wildman–Crippen LogP) is 3.77. The van der Waals surface area contributed by atoms with Crippen LogP contribution in [0.15, 0.2) is 102 Å². The zero-order valence-corrected chi connectivity index (χ0v) is 34.8. The molecule has 4 aromatic rings. The molecular weight excluding hydrogens is 901 g/mol. The van der Waals surface area contributed by atoms with Crippen LogP contribution in [0.25, 0.3) is 0 Å². The van der Waals surface area contributed by atoms with Gasteiger partial charge in [-0.05, 0) is 96.8 Å². The zero-order chi connectivity index (χ0) is 45.9. The Kier molecular flexibility index (Phi) is 11.7. The molecule has 0 saturated carbocycles. The van der Waals surface area contributed by atoms with E-state index in [9.17, 15) is 76.5 Å². The molecule has 0 aromatic heterocycles. The molecule has 2 aliphatic carbocycles. The van der Waals surface area contributed by atoms with Gasteiger partial charge >= 0.3 is 6.03 Å². The highest BCUT2D eigenvalue weighted by atomic mass is 32.2. The van der Waals surface area contributed by atoms with E-state index < -0.39 is 114 Å². The Morgan fingerprint density at radius 3 is 1.19 bits per heavy atom. The fraction of sp³-hybridized carbons (Fsp3) is 0.108. The highest BCUT2D eigenvalue weighted by Crippen LogP contribution is 2.35. The summed E-state index contributed by atoms with van der Waals surface area (Å²) in [5, 5.41) is 26.4. The summed E-state index contributed by atoms with van der Waals surface area (Å²) < 4.78 is 133. The minimum absolute atomic E-state index is 0.0805. The summed E-state index contributed by atoms with van der Waals surface area (Å²) in [4.78, 5) is 44.5. The normalized spacial score (nSPS) is 15.6. The highest BCUT2D eigenvalue weighted by Gasteiger charge is 2.31. The molecule has 4 amide bonds. The van der Waals surface area contributed by atoms with Crippen molar-refractivity contribution in [2.75, 3.05) is 10.6 Å². The average molecular weight is 931 g/mol. The molecule has 4 aromatic carbocycles. The molecule has 0 spiro atoms. The second-order valence-corrected chi connectivity index (χ2v) is 19.5. The maximum absolute atomic E-state index is 13.3.